The topological polar surface area (TPSA) is 89.8 Å². The molecule has 0 heterocycles. The highest BCUT2D eigenvalue weighted by atomic mass is 35.5. The van der Waals surface area contributed by atoms with E-state index in [1.807, 2.05) is 0 Å². The van der Waals surface area contributed by atoms with E-state index in [1.54, 1.807) is 7.05 Å². The number of nitrogens with one attached hydrogen (secondary N) is 1. The standard InChI is InChI=1S/C11H14ClNO4/c1-13-5-9(14)10(15)6-2-7(11(16)17)4-8(12)3-6/h2-4,9-10,13-15H,5H2,1H3,(H,16,17). The van der Waals surface area contributed by atoms with Crippen molar-refractivity contribution in [2.45, 2.75) is 12.2 Å². The molecule has 0 spiro atoms. The van der Waals surface area contributed by atoms with Gasteiger partial charge in [0.2, 0.25) is 0 Å². The second kappa shape index (κ2) is 5.97. The van der Waals surface area contributed by atoms with Crippen LogP contribution in [0.4, 0.5) is 0 Å². The van der Waals surface area contributed by atoms with E-state index in [4.69, 9.17) is 16.7 Å². The molecule has 0 bridgehead atoms. The molecule has 6 heteroatoms. The maximum absolute atomic E-state index is 10.8. The van der Waals surface area contributed by atoms with E-state index in [-0.39, 0.29) is 22.7 Å². The molecule has 0 fully saturated rings. The Morgan fingerprint density at radius 1 is 1.41 bits per heavy atom. The highest BCUT2D eigenvalue weighted by Gasteiger charge is 2.19. The molecule has 0 amide bonds. The number of aliphatic hydroxyl groups excluding tert-OH is 2. The third-order valence-electron chi connectivity index (χ3n) is 2.29. The molecule has 0 saturated heterocycles. The van der Waals surface area contributed by atoms with Gasteiger partial charge in [-0.1, -0.05) is 11.6 Å². The summed E-state index contributed by atoms with van der Waals surface area (Å²) in [4.78, 5) is 10.8. The maximum Gasteiger partial charge on any atom is 0.335 e. The van der Waals surface area contributed by atoms with Gasteiger partial charge in [-0.15, -0.1) is 0 Å². The zero-order valence-corrected chi connectivity index (χ0v) is 9.98. The first-order chi connectivity index (χ1) is 7.95. The largest absolute Gasteiger partial charge is 0.478 e. The van der Waals surface area contributed by atoms with Crippen molar-refractivity contribution in [3.63, 3.8) is 0 Å². The molecular weight excluding hydrogens is 246 g/mol. The van der Waals surface area contributed by atoms with Gasteiger partial charge in [-0.05, 0) is 30.8 Å². The predicted molar refractivity (Wildman–Crippen MR) is 63.3 cm³/mol. The zero-order valence-electron chi connectivity index (χ0n) is 9.22. The first kappa shape index (κ1) is 13.9. The Labute approximate surface area is 104 Å². The third-order valence-corrected chi connectivity index (χ3v) is 2.50. The number of carbonyl (C=O) groups is 1. The SMILES string of the molecule is CNCC(O)C(O)c1cc(Cl)cc(C(=O)O)c1. The number of hydrogen-bond acceptors (Lipinski definition) is 4. The lowest BCUT2D eigenvalue weighted by Gasteiger charge is -2.18. The molecule has 0 aliphatic carbocycles. The second-order valence-corrected chi connectivity index (χ2v) is 4.08. The van der Waals surface area contributed by atoms with E-state index >= 15 is 0 Å². The van der Waals surface area contributed by atoms with Crippen molar-refractivity contribution in [3.05, 3.63) is 34.3 Å². The normalized spacial score (nSPS) is 14.4. The quantitative estimate of drug-likeness (QED) is 0.624. The molecule has 1 aromatic carbocycles. The molecule has 17 heavy (non-hydrogen) atoms. The van der Waals surface area contributed by atoms with Crippen LogP contribution < -0.4 is 5.32 Å². The summed E-state index contributed by atoms with van der Waals surface area (Å²) in [7, 11) is 1.64. The number of rotatable bonds is 5. The number of carboxylic acid groups (broad SMARTS) is 1. The smallest absolute Gasteiger partial charge is 0.335 e. The van der Waals surface area contributed by atoms with Gasteiger partial charge in [0.25, 0.3) is 0 Å². The van der Waals surface area contributed by atoms with Gasteiger partial charge in [0, 0.05) is 11.6 Å². The molecule has 5 nitrogen and oxygen atoms in total. The number of carboxylic acids is 1. The summed E-state index contributed by atoms with van der Waals surface area (Å²) < 4.78 is 0. The minimum atomic E-state index is -1.18. The van der Waals surface area contributed by atoms with Gasteiger partial charge in [0.05, 0.1) is 11.7 Å². The highest BCUT2D eigenvalue weighted by molar-refractivity contribution is 6.31. The van der Waals surface area contributed by atoms with Gasteiger partial charge in [-0.25, -0.2) is 4.79 Å². The molecule has 2 unspecified atom stereocenters. The summed E-state index contributed by atoms with van der Waals surface area (Å²) >= 11 is 5.75. The summed E-state index contributed by atoms with van der Waals surface area (Å²) in [5.41, 5.74) is 0.251. The second-order valence-electron chi connectivity index (χ2n) is 3.65. The fourth-order valence-electron chi connectivity index (χ4n) is 1.45. The minimum absolute atomic E-state index is 0.0248. The zero-order chi connectivity index (χ0) is 13.0. The van der Waals surface area contributed by atoms with Crippen LogP contribution in [0.5, 0.6) is 0 Å². The van der Waals surface area contributed by atoms with Crippen LogP contribution in [-0.4, -0.2) is 41.0 Å². The monoisotopic (exact) mass is 259 g/mol. The van der Waals surface area contributed by atoms with Gasteiger partial charge in [-0.3, -0.25) is 0 Å². The van der Waals surface area contributed by atoms with Crippen molar-refractivity contribution in [1.29, 1.82) is 0 Å². The summed E-state index contributed by atoms with van der Waals surface area (Å²) in [6.07, 6.45) is -2.21. The number of aliphatic hydroxyl groups is 2. The van der Waals surface area contributed by atoms with Crippen molar-refractivity contribution in [3.8, 4) is 0 Å². The number of likely N-dealkylation sites (N-methyl/N-ethyl adjacent to an activating group) is 1. The Morgan fingerprint density at radius 2 is 2.06 bits per heavy atom. The van der Waals surface area contributed by atoms with Crippen molar-refractivity contribution in [1.82, 2.24) is 5.32 Å². The lowest BCUT2D eigenvalue weighted by molar-refractivity contribution is 0.0201. The summed E-state index contributed by atoms with van der Waals surface area (Å²) in [5, 5.41) is 31.2. The fraction of sp³-hybridized carbons (Fsp3) is 0.364. The Bertz CT molecular complexity index is 410. The number of aromatic carboxylic acids is 1. The molecule has 0 aliphatic heterocycles. The molecular formula is C11H14ClNO4. The Kier molecular flexibility index (Phi) is 4.89. The minimum Gasteiger partial charge on any atom is -0.478 e. The molecule has 1 rings (SSSR count). The average molecular weight is 260 g/mol. The molecule has 0 saturated carbocycles. The van der Waals surface area contributed by atoms with Gasteiger partial charge in [0.1, 0.15) is 6.10 Å². The van der Waals surface area contributed by atoms with Crippen molar-refractivity contribution in [2.75, 3.05) is 13.6 Å². The van der Waals surface area contributed by atoms with E-state index in [0.29, 0.717) is 0 Å². The first-order valence-electron chi connectivity index (χ1n) is 5.00. The Morgan fingerprint density at radius 3 is 2.59 bits per heavy atom. The lowest BCUT2D eigenvalue weighted by atomic mass is 10.0. The lowest BCUT2D eigenvalue weighted by Crippen LogP contribution is -2.29. The third kappa shape index (κ3) is 3.67. The molecule has 1 aromatic rings. The van der Waals surface area contributed by atoms with Gasteiger partial charge in [0.15, 0.2) is 0 Å². The van der Waals surface area contributed by atoms with E-state index < -0.39 is 18.2 Å². The van der Waals surface area contributed by atoms with Crippen molar-refractivity contribution >= 4 is 17.6 Å². The molecule has 4 N–H and O–H groups in total. The van der Waals surface area contributed by atoms with Crippen LogP contribution in [0.1, 0.15) is 22.0 Å². The number of hydrogen-bond donors (Lipinski definition) is 4. The summed E-state index contributed by atoms with van der Waals surface area (Å²) in [6, 6.07) is 4.00. The fourth-order valence-corrected chi connectivity index (χ4v) is 1.69. The molecule has 94 valence electrons. The van der Waals surface area contributed by atoms with E-state index in [1.165, 1.54) is 18.2 Å². The summed E-state index contributed by atoms with van der Waals surface area (Å²) in [6.45, 7) is 0.191. The average Bonchev–Trinajstić information content (AvgIpc) is 2.27. The van der Waals surface area contributed by atoms with Crippen LogP contribution >= 0.6 is 11.6 Å². The van der Waals surface area contributed by atoms with Gasteiger partial charge in [-0.2, -0.15) is 0 Å². The Hall–Kier alpha value is -1.14. The summed E-state index contributed by atoms with van der Waals surface area (Å²) in [5.74, 6) is -1.14. The first-order valence-corrected chi connectivity index (χ1v) is 5.38. The van der Waals surface area contributed by atoms with Crippen molar-refractivity contribution < 1.29 is 20.1 Å². The molecule has 0 aromatic heterocycles. The van der Waals surface area contributed by atoms with E-state index in [0.717, 1.165) is 0 Å². The van der Waals surface area contributed by atoms with E-state index in [2.05, 4.69) is 5.32 Å². The van der Waals surface area contributed by atoms with Crippen LogP contribution in [0.25, 0.3) is 0 Å². The van der Waals surface area contributed by atoms with Gasteiger partial charge < -0.3 is 20.6 Å². The molecule has 0 aliphatic rings. The predicted octanol–water partition coefficient (Wildman–Crippen LogP) is 0.652. The van der Waals surface area contributed by atoms with Crippen LogP contribution in [0.15, 0.2) is 18.2 Å². The van der Waals surface area contributed by atoms with E-state index in [9.17, 15) is 15.0 Å². The van der Waals surface area contributed by atoms with Crippen molar-refractivity contribution in [2.24, 2.45) is 0 Å². The Balaban J connectivity index is 3.01. The molecule has 0 radical (unpaired) electrons. The van der Waals surface area contributed by atoms with Crippen LogP contribution in [0.3, 0.4) is 0 Å². The van der Waals surface area contributed by atoms with Crippen LogP contribution in [-0.2, 0) is 0 Å². The van der Waals surface area contributed by atoms with Crippen LogP contribution in [0, 0.1) is 0 Å². The van der Waals surface area contributed by atoms with Crippen LogP contribution in [0.2, 0.25) is 5.02 Å². The molecule has 2 atom stereocenters. The number of halogens is 1. The maximum atomic E-state index is 10.8. The van der Waals surface area contributed by atoms with Gasteiger partial charge >= 0.3 is 5.97 Å². The number of benzene rings is 1. The highest BCUT2D eigenvalue weighted by Crippen LogP contribution is 2.22.